The maximum atomic E-state index is 12.6. The van der Waals surface area contributed by atoms with Gasteiger partial charge in [-0.1, -0.05) is 18.2 Å². The minimum atomic E-state index is -0.768. The summed E-state index contributed by atoms with van der Waals surface area (Å²) in [5, 5.41) is 14.6. The summed E-state index contributed by atoms with van der Waals surface area (Å²) < 4.78 is 1.44. The van der Waals surface area contributed by atoms with Gasteiger partial charge >= 0.3 is 0 Å². The second-order valence-electron chi connectivity index (χ2n) is 5.28. The van der Waals surface area contributed by atoms with Crippen LogP contribution < -0.4 is 11.0 Å². The summed E-state index contributed by atoms with van der Waals surface area (Å²) in [5.74, 6) is -1.12. The van der Waals surface area contributed by atoms with Crippen molar-refractivity contribution in [2.24, 2.45) is 5.10 Å². The first-order valence-corrected chi connectivity index (χ1v) is 7.71. The molecule has 0 aliphatic rings. The number of carbonyl (C=O) groups excluding carboxylic acids is 1. The van der Waals surface area contributed by atoms with E-state index in [1.54, 1.807) is 55.7 Å². The van der Waals surface area contributed by atoms with E-state index < -0.39 is 11.5 Å². The Balaban J connectivity index is 1.99. The highest BCUT2D eigenvalue weighted by Gasteiger charge is 2.21. The van der Waals surface area contributed by atoms with Crippen molar-refractivity contribution < 1.29 is 9.90 Å². The van der Waals surface area contributed by atoms with E-state index in [4.69, 9.17) is 0 Å². The van der Waals surface area contributed by atoms with Crippen molar-refractivity contribution in [2.45, 2.75) is 13.5 Å². The van der Waals surface area contributed by atoms with Gasteiger partial charge in [-0.2, -0.15) is 5.10 Å². The summed E-state index contributed by atoms with van der Waals surface area (Å²) in [6.45, 7) is 2.17. The summed E-state index contributed by atoms with van der Waals surface area (Å²) in [6, 6.07) is 10.4. The van der Waals surface area contributed by atoms with Gasteiger partial charge in [0.05, 0.1) is 11.7 Å². The molecule has 3 aromatic rings. The second kappa shape index (κ2) is 6.96. The van der Waals surface area contributed by atoms with Crippen molar-refractivity contribution in [1.82, 2.24) is 15.0 Å². The van der Waals surface area contributed by atoms with Crippen LogP contribution in [0.15, 0.2) is 58.7 Å². The molecular weight excluding hydrogens is 320 g/mol. The number of amides is 1. The van der Waals surface area contributed by atoms with E-state index in [9.17, 15) is 14.7 Å². The third-order valence-corrected chi connectivity index (χ3v) is 3.75. The number of hydrazone groups is 1. The van der Waals surface area contributed by atoms with Crippen molar-refractivity contribution in [3.8, 4) is 5.75 Å². The summed E-state index contributed by atoms with van der Waals surface area (Å²) >= 11 is 0. The van der Waals surface area contributed by atoms with E-state index in [-0.39, 0.29) is 11.3 Å². The Bertz CT molecular complexity index is 1010. The number of aryl methyl sites for hydroxylation is 1. The van der Waals surface area contributed by atoms with Crippen LogP contribution in [0.3, 0.4) is 0 Å². The highest BCUT2D eigenvalue weighted by atomic mass is 16.3. The average Bonchev–Trinajstić information content (AvgIpc) is 2.63. The fourth-order valence-corrected chi connectivity index (χ4v) is 2.58. The first-order valence-electron chi connectivity index (χ1n) is 7.71. The Kier molecular flexibility index (Phi) is 4.56. The lowest BCUT2D eigenvalue weighted by Gasteiger charge is -2.12. The Hall–Kier alpha value is -3.48. The van der Waals surface area contributed by atoms with Gasteiger partial charge in [-0.25, -0.2) is 5.43 Å². The van der Waals surface area contributed by atoms with Gasteiger partial charge < -0.3 is 9.67 Å². The molecule has 126 valence electrons. The fourth-order valence-electron chi connectivity index (χ4n) is 2.58. The lowest BCUT2D eigenvalue weighted by molar-refractivity contribution is 0.0950. The molecule has 0 spiro atoms. The molecular formula is C18H16N4O3. The number of carbonyl (C=O) groups is 1. The van der Waals surface area contributed by atoms with E-state index in [0.717, 1.165) is 0 Å². The van der Waals surface area contributed by atoms with E-state index in [1.165, 1.54) is 10.8 Å². The number of para-hydroxylation sites is 1. The molecule has 2 aromatic heterocycles. The standard InChI is InChI=1S/C18H16N4O3/c1-2-22-14-8-4-3-7-13(14)16(23)15(18(22)25)17(24)21-20-11-12-6-5-9-19-10-12/h3-11,23H,2H2,1H3,(H,21,24)/b20-11-. The van der Waals surface area contributed by atoms with Gasteiger partial charge in [0.15, 0.2) is 0 Å². The fraction of sp³-hybridized carbons (Fsp3) is 0.111. The van der Waals surface area contributed by atoms with Gasteiger partial charge in [-0.15, -0.1) is 0 Å². The zero-order valence-corrected chi connectivity index (χ0v) is 13.5. The zero-order valence-electron chi connectivity index (χ0n) is 13.5. The summed E-state index contributed by atoms with van der Waals surface area (Å²) in [6.07, 6.45) is 4.60. The topological polar surface area (TPSA) is 96.6 Å². The predicted octanol–water partition coefficient (Wildman–Crippen LogP) is 1.89. The number of aromatic nitrogens is 2. The lowest BCUT2D eigenvalue weighted by Crippen LogP contribution is -2.31. The highest BCUT2D eigenvalue weighted by molar-refractivity contribution is 6.02. The Morgan fingerprint density at radius 1 is 1.32 bits per heavy atom. The molecule has 7 nitrogen and oxygen atoms in total. The van der Waals surface area contributed by atoms with Crippen LogP contribution in [0.5, 0.6) is 5.75 Å². The maximum Gasteiger partial charge on any atom is 0.280 e. The van der Waals surface area contributed by atoms with Gasteiger partial charge in [0.1, 0.15) is 11.3 Å². The van der Waals surface area contributed by atoms with Crippen LogP contribution in [0.25, 0.3) is 10.9 Å². The number of fused-ring (bicyclic) bond motifs is 1. The predicted molar refractivity (Wildman–Crippen MR) is 94.8 cm³/mol. The smallest absolute Gasteiger partial charge is 0.280 e. The van der Waals surface area contributed by atoms with Crippen molar-refractivity contribution in [3.63, 3.8) is 0 Å². The van der Waals surface area contributed by atoms with Crippen LogP contribution in [0, 0.1) is 0 Å². The molecule has 3 rings (SSSR count). The molecule has 25 heavy (non-hydrogen) atoms. The van der Waals surface area contributed by atoms with Crippen molar-refractivity contribution in [3.05, 3.63) is 70.3 Å². The number of hydrogen-bond acceptors (Lipinski definition) is 5. The normalized spacial score (nSPS) is 11.1. The molecule has 0 saturated heterocycles. The number of nitrogens with one attached hydrogen (secondary N) is 1. The largest absolute Gasteiger partial charge is 0.506 e. The lowest BCUT2D eigenvalue weighted by atomic mass is 10.1. The third-order valence-electron chi connectivity index (χ3n) is 3.75. The molecule has 0 saturated carbocycles. The van der Waals surface area contributed by atoms with Gasteiger partial charge in [0.2, 0.25) is 0 Å². The Morgan fingerprint density at radius 3 is 2.84 bits per heavy atom. The molecule has 0 unspecified atom stereocenters. The van der Waals surface area contributed by atoms with Gasteiger partial charge in [-0.3, -0.25) is 14.6 Å². The second-order valence-corrected chi connectivity index (χ2v) is 5.28. The Labute approximate surface area is 143 Å². The number of rotatable bonds is 4. The van der Waals surface area contributed by atoms with E-state index in [2.05, 4.69) is 15.5 Å². The molecule has 0 radical (unpaired) electrons. The first-order chi connectivity index (χ1) is 12.1. The van der Waals surface area contributed by atoms with E-state index in [1.807, 2.05) is 0 Å². The average molecular weight is 336 g/mol. The number of nitrogens with zero attached hydrogens (tertiary/aromatic N) is 3. The Morgan fingerprint density at radius 2 is 2.12 bits per heavy atom. The molecule has 0 bridgehead atoms. The molecule has 0 atom stereocenters. The zero-order chi connectivity index (χ0) is 17.8. The maximum absolute atomic E-state index is 12.6. The number of aromatic hydroxyl groups is 1. The van der Waals surface area contributed by atoms with Crippen LogP contribution in [0.2, 0.25) is 0 Å². The molecule has 1 amide bonds. The van der Waals surface area contributed by atoms with E-state index in [0.29, 0.717) is 23.0 Å². The van der Waals surface area contributed by atoms with Crippen molar-refractivity contribution in [1.29, 1.82) is 0 Å². The molecule has 0 aliphatic carbocycles. The first kappa shape index (κ1) is 16.4. The summed E-state index contributed by atoms with van der Waals surface area (Å²) in [5.41, 5.74) is 2.65. The van der Waals surface area contributed by atoms with Crippen LogP contribution in [0.4, 0.5) is 0 Å². The van der Waals surface area contributed by atoms with Crippen molar-refractivity contribution in [2.75, 3.05) is 0 Å². The van der Waals surface area contributed by atoms with Gasteiger partial charge in [0.25, 0.3) is 11.5 Å². The van der Waals surface area contributed by atoms with Crippen LogP contribution in [-0.4, -0.2) is 26.8 Å². The van der Waals surface area contributed by atoms with Gasteiger partial charge in [0, 0.05) is 29.9 Å². The molecule has 1 aromatic carbocycles. The minimum absolute atomic E-state index is 0.330. The summed E-state index contributed by atoms with van der Waals surface area (Å²) in [7, 11) is 0. The summed E-state index contributed by atoms with van der Waals surface area (Å²) in [4.78, 5) is 28.9. The SMILES string of the molecule is CCn1c(=O)c(C(=O)N/N=C\c2cccnc2)c(O)c2ccccc21. The molecule has 7 heteroatoms. The third kappa shape index (κ3) is 3.12. The number of pyridine rings is 2. The van der Waals surface area contributed by atoms with Crippen LogP contribution in [-0.2, 0) is 6.54 Å². The van der Waals surface area contributed by atoms with Crippen LogP contribution >= 0.6 is 0 Å². The molecule has 0 fully saturated rings. The van der Waals surface area contributed by atoms with Gasteiger partial charge in [-0.05, 0) is 25.1 Å². The number of benzene rings is 1. The minimum Gasteiger partial charge on any atom is -0.506 e. The monoisotopic (exact) mass is 336 g/mol. The van der Waals surface area contributed by atoms with Crippen molar-refractivity contribution >= 4 is 23.0 Å². The molecule has 2 heterocycles. The highest BCUT2D eigenvalue weighted by Crippen LogP contribution is 2.26. The number of hydrogen-bond donors (Lipinski definition) is 2. The molecule has 2 N–H and O–H groups in total. The van der Waals surface area contributed by atoms with Crippen LogP contribution in [0.1, 0.15) is 22.8 Å². The van der Waals surface area contributed by atoms with E-state index >= 15 is 0 Å². The quantitative estimate of drug-likeness (QED) is 0.561. The molecule has 0 aliphatic heterocycles.